The maximum absolute atomic E-state index is 13.1. The maximum atomic E-state index is 13.1. The SMILES string of the molecule is Cc1cc(F)ccc1NC(=O)CNC(=O)c1ccc(N2CCCC2=O)cc1. The lowest BCUT2D eigenvalue weighted by atomic mass is 10.2. The molecule has 1 aliphatic rings. The molecule has 0 radical (unpaired) electrons. The minimum atomic E-state index is -0.405. The number of benzene rings is 2. The highest BCUT2D eigenvalue weighted by Gasteiger charge is 2.21. The zero-order chi connectivity index (χ0) is 19.4. The highest BCUT2D eigenvalue weighted by Crippen LogP contribution is 2.21. The van der Waals surface area contributed by atoms with E-state index in [-0.39, 0.29) is 24.2 Å². The molecule has 0 spiro atoms. The van der Waals surface area contributed by atoms with Crippen LogP contribution in [0.2, 0.25) is 0 Å². The third kappa shape index (κ3) is 4.49. The summed E-state index contributed by atoms with van der Waals surface area (Å²) in [5.74, 6) is -1.09. The number of halogens is 1. The van der Waals surface area contributed by atoms with E-state index in [9.17, 15) is 18.8 Å². The average molecular weight is 369 g/mol. The van der Waals surface area contributed by atoms with Crippen LogP contribution in [0.1, 0.15) is 28.8 Å². The van der Waals surface area contributed by atoms with E-state index in [2.05, 4.69) is 10.6 Å². The molecule has 0 aliphatic carbocycles. The van der Waals surface area contributed by atoms with Gasteiger partial charge in [-0.1, -0.05) is 0 Å². The molecule has 1 aliphatic heterocycles. The van der Waals surface area contributed by atoms with Crippen molar-refractivity contribution in [3.05, 3.63) is 59.4 Å². The van der Waals surface area contributed by atoms with Crippen LogP contribution in [0.5, 0.6) is 0 Å². The summed E-state index contributed by atoms with van der Waals surface area (Å²) in [6.07, 6.45) is 1.38. The third-order valence-corrected chi connectivity index (χ3v) is 4.39. The van der Waals surface area contributed by atoms with Crippen LogP contribution in [-0.2, 0) is 9.59 Å². The Bertz CT molecular complexity index is 881. The molecule has 27 heavy (non-hydrogen) atoms. The zero-order valence-electron chi connectivity index (χ0n) is 14.9. The molecule has 6 nitrogen and oxygen atoms in total. The standard InChI is InChI=1S/C20H20FN3O3/c1-13-11-15(21)6-9-17(13)23-18(25)12-22-20(27)14-4-7-16(8-5-14)24-10-2-3-19(24)26/h4-9,11H,2-3,10,12H2,1H3,(H,22,27)(H,23,25). The summed E-state index contributed by atoms with van der Waals surface area (Å²) in [6, 6.07) is 10.7. The highest BCUT2D eigenvalue weighted by atomic mass is 19.1. The molecular formula is C20H20FN3O3. The van der Waals surface area contributed by atoms with E-state index in [1.807, 2.05) is 0 Å². The van der Waals surface area contributed by atoms with Gasteiger partial charge in [-0.3, -0.25) is 14.4 Å². The van der Waals surface area contributed by atoms with Gasteiger partial charge in [-0.15, -0.1) is 0 Å². The highest BCUT2D eigenvalue weighted by molar-refractivity contribution is 6.00. The van der Waals surface area contributed by atoms with Crippen LogP contribution in [-0.4, -0.2) is 30.8 Å². The van der Waals surface area contributed by atoms with Gasteiger partial charge in [-0.25, -0.2) is 4.39 Å². The van der Waals surface area contributed by atoms with E-state index in [1.165, 1.54) is 18.2 Å². The van der Waals surface area contributed by atoms with Crippen LogP contribution >= 0.6 is 0 Å². The Kier molecular flexibility index (Phi) is 5.49. The number of anilines is 2. The number of amides is 3. The fraction of sp³-hybridized carbons (Fsp3) is 0.250. The van der Waals surface area contributed by atoms with Crippen molar-refractivity contribution in [2.24, 2.45) is 0 Å². The van der Waals surface area contributed by atoms with Gasteiger partial charge in [-0.05, 0) is 61.4 Å². The Morgan fingerprint density at radius 1 is 1.15 bits per heavy atom. The molecule has 1 heterocycles. The number of nitrogens with zero attached hydrogens (tertiary/aromatic N) is 1. The Morgan fingerprint density at radius 3 is 2.52 bits per heavy atom. The van der Waals surface area contributed by atoms with Gasteiger partial charge in [0.1, 0.15) is 5.82 Å². The fourth-order valence-corrected chi connectivity index (χ4v) is 2.94. The third-order valence-electron chi connectivity index (χ3n) is 4.39. The van der Waals surface area contributed by atoms with Crippen molar-refractivity contribution in [3.8, 4) is 0 Å². The Labute approximate surface area is 156 Å². The van der Waals surface area contributed by atoms with Gasteiger partial charge in [0, 0.05) is 29.9 Å². The molecule has 2 aromatic rings. The maximum Gasteiger partial charge on any atom is 0.251 e. The number of hydrogen-bond donors (Lipinski definition) is 2. The van der Waals surface area contributed by atoms with Gasteiger partial charge in [0.15, 0.2) is 0 Å². The second-order valence-electron chi connectivity index (χ2n) is 6.39. The van der Waals surface area contributed by atoms with Crippen LogP contribution in [0.4, 0.5) is 15.8 Å². The van der Waals surface area contributed by atoms with Crippen molar-refractivity contribution >= 4 is 29.1 Å². The Hall–Kier alpha value is -3.22. The second kappa shape index (κ2) is 7.99. The molecule has 1 fully saturated rings. The number of carbonyl (C=O) groups is 3. The van der Waals surface area contributed by atoms with E-state index in [1.54, 1.807) is 36.1 Å². The number of carbonyl (C=O) groups excluding carboxylic acids is 3. The predicted octanol–water partition coefficient (Wildman–Crippen LogP) is 2.63. The molecular weight excluding hydrogens is 349 g/mol. The number of nitrogens with one attached hydrogen (secondary N) is 2. The minimum absolute atomic E-state index is 0.0833. The van der Waals surface area contributed by atoms with E-state index >= 15 is 0 Å². The largest absolute Gasteiger partial charge is 0.343 e. The van der Waals surface area contributed by atoms with Gasteiger partial charge >= 0.3 is 0 Å². The van der Waals surface area contributed by atoms with E-state index < -0.39 is 5.91 Å². The molecule has 0 unspecified atom stereocenters. The first-order valence-corrected chi connectivity index (χ1v) is 8.68. The lowest BCUT2D eigenvalue weighted by Crippen LogP contribution is -2.33. The molecule has 2 aromatic carbocycles. The smallest absolute Gasteiger partial charge is 0.251 e. The molecule has 7 heteroatoms. The zero-order valence-corrected chi connectivity index (χ0v) is 14.9. The Morgan fingerprint density at radius 2 is 1.89 bits per heavy atom. The summed E-state index contributed by atoms with van der Waals surface area (Å²) >= 11 is 0. The predicted molar refractivity (Wildman–Crippen MR) is 100 cm³/mol. The fourth-order valence-electron chi connectivity index (χ4n) is 2.94. The van der Waals surface area contributed by atoms with Gasteiger partial charge in [0.25, 0.3) is 5.91 Å². The van der Waals surface area contributed by atoms with Crippen molar-refractivity contribution in [3.63, 3.8) is 0 Å². The van der Waals surface area contributed by atoms with Crippen LogP contribution in [0.15, 0.2) is 42.5 Å². The van der Waals surface area contributed by atoms with E-state index in [4.69, 9.17) is 0 Å². The first-order valence-electron chi connectivity index (χ1n) is 8.68. The molecule has 140 valence electrons. The van der Waals surface area contributed by atoms with Crippen LogP contribution < -0.4 is 15.5 Å². The summed E-state index contributed by atoms with van der Waals surface area (Å²) < 4.78 is 13.1. The van der Waals surface area contributed by atoms with Crippen LogP contribution in [0.3, 0.4) is 0 Å². The minimum Gasteiger partial charge on any atom is -0.343 e. The molecule has 3 rings (SSSR count). The van der Waals surface area contributed by atoms with Crippen molar-refractivity contribution in [1.29, 1.82) is 0 Å². The van der Waals surface area contributed by atoms with Crippen LogP contribution in [0, 0.1) is 12.7 Å². The molecule has 0 bridgehead atoms. The first kappa shape index (κ1) is 18.6. The molecule has 0 saturated carbocycles. The van der Waals surface area contributed by atoms with Crippen LogP contribution in [0.25, 0.3) is 0 Å². The van der Waals surface area contributed by atoms with Crippen molar-refractivity contribution in [2.75, 3.05) is 23.3 Å². The van der Waals surface area contributed by atoms with Crippen molar-refractivity contribution < 1.29 is 18.8 Å². The summed E-state index contributed by atoms with van der Waals surface area (Å²) in [5, 5.41) is 5.17. The van der Waals surface area contributed by atoms with Gasteiger partial charge in [0.2, 0.25) is 11.8 Å². The first-order chi connectivity index (χ1) is 12.9. The topological polar surface area (TPSA) is 78.5 Å². The lowest BCUT2D eigenvalue weighted by molar-refractivity contribution is -0.117. The lowest BCUT2D eigenvalue weighted by Gasteiger charge is -2.15. The number of hydrogen-bond acceptors (Lipinski definition) is 3. The molecule has 3 amide bonds. The van der Waals surface area contributed by atoms with Crippen molar-refractivity contribution in [1.82, 2.24) is 5.32 Å². The normalized spacial score (nSPS) is 13.6. The van der Waals surface area contributed by atoms with E-state index in [0.717, 1.165) is 12.1 Å². The molecule has 1 saturated heterocycles. The Balaban J connectivity index is 1.54. The molecule has 0 aromatic heterocycles. The summed E-state index contributed by atoms with van der Waals surface area (Å²) in [6.45, 7) is 2.17. The van der Waals surface area contributed by atoms with Gasteiger partial charge < -0.3 is 15.5 Å². The molecule has 0 atom stereocenters. The summed E-state index contributed by atoms with van der Waals surface area (Å²) in [7, 11) is 0. The van der Waals surface area contributed by atoms with E-state index in [0.29, 0.717) is 29.8 Å². The quantitative estimate of drug-likeness (QED) is 0.850. The second-order valence-corrected chi connectivity index (χ2v) is 6.39. The summed E-state index contributed by atoms with van der Waals surface area (Å²) in [4.78, 5) is 37.6. The van der Waals surface area contributed by atoms with Crippen molar-refractivity contribution in [2.45, 2.75) is 19.8 Å². The number of aryl methyl sites for hydroxylation is 1. The monoisotopic (exact) mass is 369 g/mol. The van der Waals surface area contributed by atoms with Gasteiger partial charge in [-0.2, -0.15) is 0 Å². The molecule has 2 N–H and O–H groups in total. The summed E-state index contributed by atoms with van der Waals surface area (Å²) in [5.41, 5.74) is 2.26. The number of rotatable bonds is 5. The average Bonchev–Trinajstić information content (AvgIpc) is 3.08. The van der Waals surface area contributed by atoms with Gasteiger partial charge in [0.05, 0.1) is 6.54 Å².